The maximum atomic E-state index is 11.5. The number of rotatable bonds is 1. The van der Waals surface area contributed by atoms with Gasteiger partial charge in [-0.3, -0.25) is 0 Å². The molecule has 74 valence electrons. The number of urea groups is 1. The largest absolute Gasteiger partial charge is 0.338 e. The summed E-state index contributed by atoms with van der Waals surface area (Å²) >= 11 is 0. The lowest BCUT2D eigenvalue weighted by atomic mass is 10.0. The molecule has 2 aliphatic heterocycles. The zero-order valence-electron chi connectivity index (χ0n) is 8.05. The topological polar surface area (TPSA) is 44.4 Å². The SMILES string of the molecule is CCNC(=O)N1C[C@H]2CNC[C@H]2C1. The first kappa shape index (κ1) is 8.81. The molecule has 2 fully saturated rings. The highest BCUT2D eigenvalue weighted by Gasteiger charge is 2.37. The summed E-state index contributed by atoms with van der Waals surface area (Å²) in [5.74, 6) is 1.39. The van der Waals surface area contributed by atoms with E-state index in [1.54, 1.807) is 0 Å². The Morgan fingerprint density at radius 3 is 2.62 bits per heavy atom. The van der Waals surface area contributed by atoms with Gasteiger partial charge in [0.25, 0.3) is 0 Å². The fourth-order valence-corrected chi connectivity index (χ4v) is 2.28. The lowest BCUT2D eigenvalue weighted by Gasteiger charge is -2.17. The predicted molar refractivity (Wildman–Crippen MR) is 50.5 cm³/mol. The Balaban J connectivity index is 1.87. The second-order valence-electron chi connectivity index (χ2n) is 3.92. The van der Waals surface area contributed by atoms with Crippen molar-refractivity contribution in [2.75, 3.05) is 32.7 Å². The molecule has 2 N–H and O–H groups in total. The van der Waals surface area contributed by atoms with Crippen LogP contribution >= 0.6 is 0 Å². The molecule has 2 heterocycles. The summed E-state index contributed by atoms with van der Waals surface area (Å²) < 4.78 is 0. The number of hydrogen-bond acceptors (Lipinski definition) is 2. The van der Waals surface area contributed by atoms with E-state index in [4.69, 9.17) is 0 Å². The standard InChI is InChI=1S/C9H17N3O/c1-2-11-9(13)12-5-7-3-10-4-8(7)6-12/h7-8,10H,2-6H2,1H3,(H,11,13)/t7-,8+. The Morgan fingerprint density at radius 1 is 1.46 bits per heavy atom. The Kier molecular flexibility index (Phi) is 2.40. The average Bonchev–Trinajstić information content (AvgIpc) is 2.61. The van der Waals surface area contributed by atoms with Gasteiger partial charge in [0.1, 0.15) is 0 Å². The van der Waals surface area contributed by atoms with Gasteiger partial charge in [0.15, 0.2) is 0 Å². The third-order valence-electron chi connectivity index (χ3n) is 3.00. The van der Waals surface area contributed by atoms with Gasteiger partial charge in [-0.05, 0) is 18.8 Å². The van der Waals surface area contributed by atoms with Gasteiger partial charge >= 0.3 is 6.03 Å². The number of fused-ring (bicyclic) bond motifs is 1. The Morgan fingerprint density at radius 2 is 2.08 bits per heavy atom. The Hall–Kier alpha value is -0.770. The molecule has 13 heavy (non-hydrogen) atoms. The normalized spacial score (nSPS) is 31.9. The van der Waals surface area contributed by atoms with Crippen LogP contribution in [0.2, 0.25) is 0 Å². The van der Waals surface area contributed by atoms with Crippen LogP contribution < -0.4 is 10.6 Å². The van der Waals surface area contributed by atoms with Crippen molar-refractivity contribution in [1.29, 1.82) is 0 Å². The van der Waals surface area contributed by atoms with Gasteiger partial charge in [-0.1, -0.05) is 0 Å². The molecule has 0 unspecified atom stereocenters. The minimum Gasteiger partial charge on any atom is -0.338 e. The van der Waals surface area contributed by atoms with Crippen LogP contribution in [0.1, 0.15) is 6.92 Å². The fraction of sp³-hybridized carbons (Fsp3) is 0.889. The summed E-state index contributed by atoms with van der Waals surface area (Å²) in [6, 6.07) is 0.108. The molecule has 2 saturated heterocycles. The number of carbonyl (C=O) groups excluding carboxylic acids is 1. The minimum absolute atomic E-state index is 0.108. The molecule has 0 spiro atoms. The number of amides is 2. The molecule has 4 nitrogen and oxygen atoms in total. The lowest BCUT2D eigenvalue weighted by Crippen LogP contribution is -2.39. The molecule has 0 aromatic heterocycles. The summed E-state index contributed by atoms with van der Waals surface area (Å²) in [7, 11) is 0. The van der Waals surface area contributed by atoms with E-state index in [1.165, 1.54) is 0 Å². The summed E-state index contributed by atoms with van der Waals surface area (Å²) in [5.41, 5.74) is 0. The number of likely N-dealkylation sites (tertiary alicyclic amines) is 1. The first-order valence-electron chi connectivity index (χ1n) is 5.04. The van der Waals surface area contributed by atoms with E-state index in [9.17, 15) is 4.79 Å². The Bertz CT molecular complexity index is 195. The van der Waals surface area contributed by atoms with Gasteiger partial charge in [0.2, 0.25) is 0 Å². The monoisotopic (exact) mass is 183 g/mol. The van der Waals surface area contributed by atoms with E-state index in [-0.39, 0.29) is 6.03 Å². The number of hydrogen-bond donors (Lipinski definition) is 2. The summed E-state index contributed by atoms with van der Waals surface area (Å²) in [5, 5.41) is 6.20. The average molecular weight is 183 g/mol. The van der Waals surface area contributed by atoms with Crippen LogP contribution in [-0.2, 0) is 0 Å². The highest BCUT2D eigenvalue weighted by atomic mass is 16.2. The molecule has 0 aliphatic carbocycles. The van der Waals surface area contributed by atoms with Crippen molar-refractivity contribution in [2.45, 2.75) is 6.92 Å². The zero-order chi connectivity index (χ0) is 9.26. The zero-order valence-corrected chi connectivity index (χ0v) is 8.05. The molecule has 0 saturated carbocycles. The molecule has 0 bridgehead atoms. The fourth-order valence-electron chi connectivity index (χ4n) is 2.28. The summed E-state index contributed by atoms with van der Waals surface area (Å²) in [4.78, 5) is 13.4. The van der Waals surface area contributed by atoms with E-state index in [2.05, 4.69) is 10.6 Å². The van der Waals surface area contributed by atoms with Crippen LogP contribution in [0.3, 0.4) is 0 Å². The quantitative estimate of drug-likeness (QED) is 0.594. The van der Waals surface area contributed by atoms with Crippen molar-refractivity contribution in [2.24, 2.45) is 11.8 Å². The first-order chi connectivity index (χ1) is 6.31. The molecule has 0 radical (unpaired) electrons. The highest BCUT2D eigenvalue weighted by molar-refractivity contribution is 5.74. The lowest BCUT2D eigenvalue weighted by molar-refractivity contribution is 0.206. The van der Waals surface area contributed by atoms with Crippen LogP contribution in [0, 0.1) is 11.8 Å². The van der Waals surface area contributed by atoms with Gasteiger partial charge in [0.05, 0.1) is 0 Å². The van der Waals surface area contributed by atoms with Gasteiger partial charge in [-0.2, -0.15) is 0 Å². The van der Waals surface area contributed by atoms with Gasteiger partial charge < -0.3 is 15.5 Å². The van der Waals surface area contributed by atoms with Crippen molar-refractivity contribution in [3.8, 4) is 0 Å². The maximum absolute atomic E-state index is 11.5. The molecule has 2 atom stereocenters. The smallest absolute Gasteiger partial charge is 0.317 e. The van der Waals surface area contributed by atoms with Crippen molar-refractivity contribution in [3.05, 3.63) is 0 Å². The van der Waals surface area contributed by atoms with E-state index in [0.717, 1.165) is 32.7 Å². The minimum atomic E-state index is 0.108. The van der Waals surface area contributed by atoms with Crippen molar-refractivity contribution >= 4 is 6.03 Å². The van der Waals surface area contributed by atoms with E-state index < -0.39 is 0 Å². The van der Waals surface area contributed by atoms with Crippen LogP contribution in [0.15, 0.2) is 0 Å². The molecule has 4 heteroatoms. The summed E-state index contributed by atoms with van der Waals surface area (Å²) in [6.45, 7) is 6.72. The molecule has 2 amide bonds. The molecule has 2 aliphatic rings. The number of nitrogens with one attached hydrogen (secondary N) is 2. The second-order valence-corrected chi connectivity index (χ2v) is 3.92. The van der Waals surface area contributed by atoms with Gasteiger partial charge in [-0.15, -0.1) is 0 Å². The predicted octanol–water partition coefficient (Wildman–Crippen LogP) is -0.133. The number of nitrogens with zero attached hydrogens (tertiary/aromatic N) is 1. The van der Waals surface area contributed by atoms with Crippen LogP contribution in [0.5, 0.6) is 0 Å². The first-order valence-corrected chi connectivity index (χ1v) is 5.04. The molecular formula is C9H17N3O. The maximum Gasteiger partial charge on any atom is 0.317 e. The summed E-state index contributed by atoms with van der Waals surface area (Å²) in [6.07, 6.45) is 0. The Labute approximate surface area is 78.7 Å². The van der Waals surface area contributed by atoms with E-state index in [1.807, 2.05) is 11.8 Å². The highest BCUT2D eigenvalue weighted by Crippen LogP contribution is 2.25. The van der Waals surface area contributed by atoms with Gasteiger partial charge in [0, 0.05) is 32.7 Å². The van der Waals surface area contributed by atoms with Crippen LogP contribution in [0.25, 0.3) is 0 Å². The molecular weight excluding hydrogens is 166 g/mol. The van der Waals surface area contributed by atoms with Crippen LogP contribution in [0.4, 0.5) is 4.79 Å². The molecule has 0 aromatic carbocycles. The third kappa shape index (κ3) is 1.63. The van der Waals surface area contributed by atoms with Crippen molar-refractivity contribution < 1.29 is 4.79 Å². The molecule has 2 rings (SSSR count). The van der Waals surface area contributed by atoms with E-state index in [0.29, 0.717) is 11.8 Å². The second kappa shape index (κ2) is 3.54. The van der Waals surface area contributed by atoms with E-state index >= 15 is 0 Å². The number of carbonyl (C=O) groups is 1. The van der Waals surface area contributed by atoms with Crippen molar-refractivity contribution in [3.63, 3.8) is 0 Å². The molecule has 0 aromatic rings. The van der Waals surface area contributed by atoms with Gasteiger partial charge in [-0.25, -0.2) is 4.79 Å². The van der Waals surface area contributed by atoms with Crippen molar-refractivity contribution in [1.82, 2.24) is 15.5 Å². The van der Waals surface area contributed by atoms with Crippen LogP contribution in [-0.4, -0.2) is 43.7 Å². The third-order valence-corrected chi connectivity index (χ3v) is 3.00.